The summed E-state index contributed by atoms with van der Waals surface area (Å²) in [5.74, 6) is 1.94. The molecule has 1 fully saturated rings. The third kappa shape index (κ3) is 2.91. The summed E-state index contributed by atoms with van der Waals surface area (Å²) in [6.07, 6.45) is 1.20. The zero-order valence-electron chi connectivity index (χ0n) is 12.2. The molecule has 3 heterocycles. The van der Waals surface area contributed by atoms with E-state index >= 15 is 0 Å². The Labute approximate surface area is 119 Å². The molecule has 6 heteroatoms. The summed E-state index contributed by atoms with van der Waals surface area (Å²) >= 11 is 0. The molecule has 0 bridgehead atoms. The lowest BCUT2D eigenvalue weighted by Crippen LogP contribution is -2.28. The van der Waals surface area contributed by atoms with Crippen molar-refractivity contribution in [3.05, 3.63) is 18.0 Å². The lowest BCUT2D eigenvalue weighted by molar-refractivity contribution is 0.278. The molecule has 1 aliphatic heterocycles. The quantitative estimate of drug-likeness (QED) is 0.868. The molecular formula is C14H22N6. The van der Waals surface area contributed by atoms with E-state index in [0.29, 0.717) is 0 Å². The highest BCUT2D eigenvalue weighted by Crippen LogP contribution is 2.15. The van der Waals surface area contributed by atoms with Gasteiger partial charge in [-0.15, -0.1) is 0 Å². The van der Waals surface area contributed by atoms with Crippen LogP contribution in [-0.4, -0.2) is 60.1 Å². The lowest BCUT2D eigenvalue weighted by Gasteiger charge is -2.17. The molecule has 20 heavy (non-hydrogen) atoms. The molecule has 0 atom stereocenters. The molecule has 0 aliphatic carbocycles. The molecule has 0 saturated carbocycles. The fourth-order valence-electron chi connectivity index (χ4n) is 2.53. The van der Waals surface area contributed by atoms with E-state index in [1.807, 2.05) is 25.1 Å². The SMILES string of the molecule is CN(C)c1ccc2[nH]c(CN3CCCNCC3)nc2n1. The minimum Gasteiger partial charge on any atom is -0.363 e. The van der Waals surface area contributed by atoms with Gasteiger partial charge >= 0.3 is 0 Å². The highest BCUT2D eigenvalue weighted by atomic mass is 15.2. The van der Waals surface area contributed by atoms with Gasteiger partial charge in [-0.2, -0.15) is 0 Å². The standard InChI is InChI=1S/C14H22N6/c1-19(2)13-5-4-11-14(18-13)17-12(16-11)10-20-8-3-6-15-7-9-20/h4-5,15H,3,6-10H2,1-2H3,(H,16,17,18). The minimum atomic E-state index is 0.805. The van der Waals surface area contributed by atoms with Crippen molar-refractivity contribution in [2.45, 2.75) is 13.0 Å². The Kier molecular flexibility index (Phi) is 3.84. The van der Waals surface area contributed by atoms with Gasteiger partial charge in [0.05, 0.1) is 12.1 Å². The predicted molar refractivity (Wildman–Crippen MR) is 81.0 cm³/mol. The maximum atomic E-state index is 4.63. The maximum absolute atomic E-state index is 4.63. The second-order valence-corrected chi connectivity index (χ2v) is 5.50. The van der Waals surface area contributed by atoms with Gasteiger partial charge in [-0.25, -0.2) is 9.97 Å². The van der Waals surface area contributed by atoms with Crippen LogP contribution >= 0.6 is 0 Å². The largest absolute Gasteiger partial charge is 0.363 e. The number of nitrogens with zero attached hydrogens (tertiary/aromatic N) is 4. The van der Waals surface area contributed by atoms with Gasteiger partial charge in [0.2, 0.25) is 0 Å². The van der Waals surface area contributed by atoms with Crippen molar-refractivity contribution in [1.29, 1.82) is 0 Å². The number of imidazole rings is 1. The molecule has 0 aromatic carbocycles. The van der Waals surface area contributed by atoms with Crippen LogP contribution in [0.25, 0.3) is 11.2 Å². The normalized spacial score (nSPS) is 17.3. The van der Waals surface area contributed by atoms with Crippen molar-refractivity contribution < 1.29 is 0 Å². The van der Waals surface area contributed by atoms with E-state index < -0.39 is 0 Å². The van der Waals surface area contributed by atoms with Crippen LogP contribution < -0.4 is 10.2 Å². The van der Waals surface area contributed by atoms with Crippen molar-refractivity contribution in [3.63, 3.8) is 0 Å². The van der Waals surface area contributed by atoms with Crippen LogP contribution in [0, 0.1) is 0 Å². The van der Waals surface area contributed by atoms with E-state index in [-0.39, 0.29) is 0 Å². The third-order valence-corrected chi connectivity index (χ3v) is 3.64. The van der Waals surface area contributed by atoms with Crippen LogP contribution in [0.1, 0.15) is 12.2 Å². The van der Waals surface area contributed by atoms with Crippen LogP contribution in [0.3, 0.4) is 0 Å². The van der Waals surface area contributed by atoms with Gasteiger partial charge in [-0.3, -0.25) is 4.90 Å². The third-order valence-electron chi connectivity index (χ3n) is 3.64. The molecule has 1 aliphatic rings. The topological polar surface area (TPSA) is 60.1 Å². The van der Waals surface area contributed by atoms with Gasteiger partial charge in [0, 0.05) is 27.2 Å². The van der Waals surface area contributed by atoms with Crippen molar-refractivity contribution >= 4 is 17.0 Å². The van der Waals surface area contributed by atoms with E-state index in [0.717, 1.165) is 55.5 Å². The van der Waals surface area contributed by atoms with E-state index in [1.165, 1.54) is 6.42 Å². The number of fused-ring (bicyclic) bond motifs is 1. The molecule has 2 N–H and O–H groups in total. The second kappa shape index (κ2) is 5.76. The molecule has 6 nitrogen and oxygen atoms in total. The highest BCUT2D eigenvalue weighted by molar-refractivity contribution is 5.73. The van der Waals surface area contributed by atoms with Gasteiger partial charge < -0.3 is 15.2 Å². The lowest BCUT2D eigenvalue weighted by atomic mass is 10.4. The maximum Gasteiger partial charge on any atom is 0.179 e. The zero-order valence-corrected chi connectivity index (χ0v) is 12.2. The fraction of sp³-hybridized carbons (Fsp3) is 0.571. The number of anilines is 1. The monoisotopic (exact) mass is 274 g/mol. The average Bonchev–Trinajstić information content (AvgIpc) is 2.64. The zero-order chi connectivity index (χ0) is 13.9. The van der Waals surface area contributed by atoms with E-state index in [9.17, 15) is 0 Å². The molecule has 2 aromatic rings. The Morgan fingerprint density at radius 1 is 1.20 bits per heavy atom. The van der Waals surface area contributed by atoms with Crippen LogP contribution in [-0.2, 0) is 6.54 Å². The minimum absolute atomic E-state index is 0.805. The van der Waals surface area contributed by atoms with E-state index in [2.05, 4.69) is 31.2 Å². The molecule has 0 radical (unpaired) electrons. The van der Waals surface area contributed by atoms with Crippen molar-refractivity contribution in [1.82, 2.24) is 25.2 Å². The number of rotatable bonds is 3. The van der Waals surface area contributed by atoms with Crippen molar-refractivity contribution in [2.75, 3.05) is 45.2 Å². The Bertz CT molecular complexity index is 568. The summed E-state index contributed by atoms with van der Waals surface area (Å²) in [6.45, 7) is 5.25. The second-order valence-electron chi connectivity index (χ2n) is 5.50. The van der Waals surface area contributed by atoms with Crippen LogP contribution in [0.15, 0.2) is 12.1 Å². The van der Waals surface area contributed by atoms with Crippen LogP contribution in [0.5, 0.6) is 0 Å². The van der Waals surface area contributed by atoms with E-state index in [1.54, 1.807) is 0 Å². The molecule has 108 valence electrons. The number of H-pyrrole nitrogens is 1. The number of pyridine rings is 1. The number of hydrogen-bond donors (Lipinski definition) is 2. The highest BCUT2D eigenvalue weighted by Gasteiger charge is 2.12. The first-order valence-electron chi connectivity index (χ1n) is 7.18. The molecule has 1 saturated heterocycles. The predicted octanol–water partition coefficient (Wildman–Crippen LogP) is 0.819. The summed E-state index contributed by atoms with van der Waals surface area (Å²) < 4.78 is 0. The number of nitrogens with one attached hydrogen (secondary N) is 2. The van der Waals surface area contributed by atoms with Crippen molar-refractivity contribution in [3.8, 4) is 0 Å². The summed E-state index contributed by atoms with van der Waals surface area (Å²) in [7, 11) is 3.98. The number of aromatic amines is 1. The summed E-state index contributed by atoms with van der Waals surface area (Å²) in [5, 5.41) is 3.42. The Morgan fingerprint density at radius 2 is 2.10 bits per heavy atom. The van der Waals surface area contributed by atoms with Crippen LogP contribution in [0.2, 0.25) is 0 Å². The molecule has 0 unspecified atom stereocenters. The smallest absolute Gasteiger partial charge is 0.179 e. The van der Waals surface area contributed by atoms with E-state index in [4.69, 9.17) is 0 Å². The molecule has 0 spiro atoms. The Morgan fingerprint density at radius 3 is 2.95 bits per heavy atom. The Balaban J connectivity index is 1.78. The van der Waals surface area contributed by atoms with Crippen LogP contribution in [0.4, 0.5) is 5.82 Å². The molecule has 2 aromatic heterocycles. The average molecular weight is 274 g/mol. The van der Waals surface area contributed by atoms with Crippen molar-refractivity contribution in [2.24, 2.45) is 0 Å². The van der Waals surface area contributed by atoms with Gasteiger partial charge in [-0.05, 0) is 31.6 Å². The number of aromatic nitrogens is 3. The van der Waals surface area contributed by atoms with Gasteiger partial charge in [-0.1, -0.05) is 0 Å². The number of hydrogen-bond acceptors (Lipinski definition) is 5. The first-order chi connectivity index (χ1) is 9.72. The fourth-order valence-corrected chi connectivity index (χ4v) is 2.53. The molecule has 3 rings (SSSR count). The first kappa shape index (κ1) is 13.3. The van der Waals surface area contributed by atoms with Gasteiger partial charge in [0.1, 0.15) is 11.6 Å². The molecular weight excluding hydrogens is 252 g/mol. The summed E-state index contributed by atoms with van der Waals surface area (Å²) in [6, 6.07) is 4.07. The van der Waals surface area contributed by atoms with Gasteiger partial charge in [0.25, 0.3) is 0 Å². The summed E-state index contributed by atoms with van der Waals surface area (Å²) in [4.78, 5) is 17.0. The molecule has 0 amide bonds. The van der Waals surface area contributed by atoms with Gasteiger partial charge in [0.15, 0.2) is 5.65 Å². The summed E-state index contributed by atoms with van der Waals surface area (Å²) in [5.41, 5.74) is 1.82. The first-order valence-corrected chi connectivity index (χ1v) is 7.18. The Hall–Kier alpha value is -1.66.